The molecule has 1 aliphatic carbocycles. The van der Waals surface area contributed by atoms with Crippen molar-refractivity contribution in [3.05, 3.63) is 18.5 Å². The first-order valence-electron chi connectivity index (χ1n) is 6.40. The van der Waals surface area contributed by atoms with E-state index >= 15 is 0 Å². The van der Waals surface area contributed by atoms with E-state index in [9.17, 15) is 4.79 Å². The van der Waals surface area contributed by atoms with Crippen LogP contribution in [0.2, 0.25) is 0 Å². The zero-order chi connectivity index (χ0) is 13.7. The van der Waals surface area contributed by atoms with Crippen LogP contribution in [-0.2, 0) is 9.53 Å². The van der Waals surface area contributed by atoms with Gasteiger partial charge in [0.05, 0.1) is 7.11 Å². The molecule has 1 aliphatic rings. The fraction of sp³-hybridized carbons (Fsp3) is 0.615. The van der Waals surface area contributed by atoms with Crippen LogP contribution in [0.15, 0.2) is 23.6 Å². The third-order valence-electron chi connectivity index (χ3n) is 3.11. The Labute approximate surface area is 117 Å². The van der Waals surface area contributed by atoms with Gasteiger partial charge in [-0.3, -0.25) is 10.1 Å². The highest BCUT2D eigenvalue weighted by Gasteiger charge is 2.38. The van der Waals surface area contributed by atoms with Crippen molar-refractivity contribution in [1.29, 1.82) is 0 Å². The van der Waals surface area contributed by atoms with Crippen LogP contribution >= 0.6 is 11.8 Å². The van der Waals surface area contributed by atoms with Crippen LogP contribution in [0.4, 0.5) is 0 Å². The molecule has 5 nitrogen and oxygen atoms in total. The monoisotopic (exact) mass is 281 g/mol. The summed E-state index contributed by atoms with van der Waals surface area (Å²) in [5, 5.41) is 4.11. The number of aromatic nitrogens is 2. The molecular formula is C13H19N3O2S. The number of hydrogen-bond acceptors (Lipinski definition) is 6. The van der Waals surface area contributed by atoms with E-state index < -0.39 is 5.54 Å². The molecule has 1 saturated carbocycles. The van der Waals surface area contributed by atoms with E-state index in [-0.39, 0.29) is 5.97 Å². The number of rotatable bonds is 7. The van der Waals surface area contributed by atoms with E-state index in [1.54, 1.807) is 30.2 Å². The molecule has 0 radical (unpaired) electrons. The number of hydrogen-bond donors (Lipinski definition) is 1. The van der Waals surface area contributed by atoms with Crippen molar-refractivity contribution in [3.63, 3.8) is 0 Å². The van der Waals surface area contributed by atoms with Gasteiger partial charge in [0.25, 0.3) is 0 Å². The van der Waals surface area contributed by atoms with Gasteiger partial charge in [0.2, 0.25) is 0 Å². The van der Waals surface area contributed by atoms with Gasteiger partial charge in [-0.25, -0.2) is 9.97 Å². The van der Waals surface area contributed by atoms with Gasteiger partial charge in [-0.2, -0.15) is 0 Å². The maximum Gasteiger partial charge on any atom is 0.325 e. The molecule has 104 valence electrons. The average Bonchev–Trinajstić information content (AvgIpc) is 3.22. The maximum absolute atomic E-state index is 11.9. The Morgan fingerprint density at radius 2 is 2.21 bits per heavy atom. The molecule has 0 aromatic carbocycles. The predicted octanol–water partition coefficient (Wildman–Crippen LogP) is 1.64. The lowest BCUT2D eigenvalue weighted by atomic mass is 9.99. The Hall–Kier alpha value is -1.14. The molecule has 0 amide bonds. The van der Waals surface area contributed by atoms with Gasteiger partial charge < -0.3 is 4.74 Å². The first-order chi connectivity index (χ1) is 9.14. The molecule has 1 heterocycles. The first kappa shape index (κ1) is 14.3. The highest BCUT2D eigenvalue weighted by Crippen LogP contribution is 2.26. The van der Waals surface area contributed by atoms with E-state index in [0.29, 0.717) is 12.5 Å². The summed E-state index contributed by atoms with van der Waals surface area (Å²) in [7, 11) is 1.43. The third-order valence-corrected chi connectivity index (χ3v) is 3.99. The summed E-state index contributed by atoms with van der Waals surface area (Å²) in [5.41, 5.74) is -0.613. The first-order valence-corrected chi connectivity index (χ1v) is 7.38. The summed E-state index contributed by atoms with van der Waals surface area (Å²) in [6.07, 6.45) is 6.41. The number of nitrogens with zero attached hydrogens (tertiary/aromatic N) is 2. The number of esters is 1. The van der Waals surface area contributed by atoms with Crippen LogP contribution < -0.4 is 5.32 Å². The minimum absolute atomic E-state index is 0.200. The number of carbonyl (C=O) groups excluding carboxylic acids is 1. The summed E-state index contributed by atoms with van der Waals surface area (Å²) in [6.45, 7) is 1.91. The molecule has 0 bridgehead atoms. The Morgan fingerprint density at radius 1 is 1.53 bits per heavy atom. The molecule has 1 unspecified atom stereocenters. The Morgan fingerprint density at radius 3 is 2.79 bits per heavy atom. The van der Waals surface area contributed by atoms with Crippen molar-refractivity contribution in [1.82, 2.24) is 15.3 Å². The second-order valence-corrected chi connectivity index (χ2v) is 5.93. The fourth-order valence-electron chi connectivity index (χ4n) is 1.84. The molecule has 1 aromatic rings. The van der Waals surface area contributed by atoms with Crippen molar-refractivity contribution in [3.8, 4) is 0 Å². The molecule has 0 spiro atoms. The smallest absolute Gasteiger partial charge is 0.325 e. The quantitative estimate of drug-likeness (QED) is 0.466. The van der Waals surface area contributed by atoms with Gasteiger partial charge in [-0.1, -0.05) is 11.8 Å². The second kappa shape index (κ2) is 6.34. The fourth-order valence-corrected chi connectivity index (χ4v) is 2.81. The zero-order valence-corrected chi connectivity index (χ0v) is 12.1. The van der Waals surface area contributed by atoms with Crippen molar-refractivity contribution >= 4 is 17.7 Å². The largest absolute Gasteiger partial charge is 0.468 e. The topological polar surface area (TPSA) is 64.1 Å². The molecule has 1 aromatic heterocycles. The number of ether oxygens (including phenoxy) is 1. The Balaban J connectivity index is 1.87. The number of thioether (sulfide) groups is 1. The lowest BCUT2D eigenvalue weighted by molar-refractivity contribution is -0.148. The van der Waals surface area contributed by atoms with Crippen molar-refractivity contribution in [2.45, 2.75) is 42.9 Å². The minimum Gasteiger partial charge on any atom is -0.468 e. The molecule has 0 aliphatic heterocycles. The molecule has 1 fully saturated rings. The lowest BCUT2D eigenvalue weighted by Crippen LogP contribution is -2.51. The van der Waals surface area contributed by atoms with Crippen LogP contribution in [0.25, 0.3) is 0 Å². The summed E-state index contributed by atoms with van der Waals surface area (Å²) >= 11 is 1.55. The summed E-state index contributed by atoms with van der Waals surface area (Å²) in [4.78, 5) is 20.2. The zero-order valence-electron chi connectivity index (χ0n) is 11.3. The predicted molar refractivity (Wildman–Crippen MR) is 74.0 cm³/mol. The van der Waals surface area contributed by atoms with Gasteiger partial charge in [-0.15, -0.1) is 0 Å². The van der Waals surface area contributed by atoms with Crippen molar-refractivity contribution < 1.29 is 9.53 Å². The molecular weight excluding hydrogens is 262 g/mol. The Bertz CT molecular complexity index is 425. The van der Waals surface area contributed by atoms with E-state index in [4.69, 9.17) is 4.74 Å². The van der Waals surface area contributed by atoms with Gasteiger partial charge in [0.15, 0.2) is 5.16 Å². The maximum atomic E-state index is 11.9. The lowest BCUT2D eigenvalue weighted by Gasteiger charge is -2.27. The highest BCUT2D eigenvalue weighted by atomic mass is 32.2. The highest BCUT2D eigenvalue weighted by molar-refractivity contribution is 7.99. The van der Waals surface area contributed by atoms with E-state index in [0.717, 1.165) is 23.8 Å². The average molecular weight is 281 g/mol. The number of nitrogens with one attached hydrogen (secondary N) is 1. The van der Waals surface area contributed by atoms with Gasteiger partial charge in [0, 0.05) is 24.2 Å². The molecule has 1 N–H and O–H groups in total. The van der Waals surface area contributed by atoms with Crippen LogP contribution in [0.1, 0.15) is 26.2 Å². The van der Waals surface area contributed by atoms with Gasteiger partial charge in [0.1, 0.15) is 5.54 Å². The van der Waals surface area contributed by atoms with Gasteiger partial charge >= 0.3 is 5.97 Å². The van der Waals surface area contributed by atoms with Crippen molar-refractivity contribution in [2.75, 3.05) is 12.9 Å². The molecule has 19 heavy (non-hydrogen) atoms. The van der Waals surface area contributed by atoms with E-state index in [2.05, 4.69) is 15.3 Å². The van der Waals surface area contributed by atoms with Gasteiger partial charge in [-0.05, 0) is 32.3 Å². The van der Waals surface area contributed by atoms with Crippen LogP contribution in [0.3, 0.4) is 0 Å². The molecule has 6 heteroatoms. The third kappa shape index (κ3) is 4.18. The summed E-state index contributed by atoms with van der Waals surface area (Å²) in [6, 6.07) is 2.25. The summed E-state index contributed by atoms with van der Waals surface area (Å²) in [5.74, 6) is 0.573. The summed E-state index contributed by atoms with van der Waals surface area (Å²) < 4.78 is 4.90. The molecule has 1 atom stereocenters. The normalized spacial score (nSPS) is 17.8. The van der Waals surface area contributed by atoms with E-state index in [1.165, 1.54) is 7.11 Å². The number of carbonyl (C=O) groups is 1. The minimum atomic E-state index is -0.613. The standard InChI is InChI=1S/C13H19N3O2S/c1-13(11(17)18-2,16-10-4-5-10)6-9-19-12-14-7-3-8-15-12/h3,7-8,10,16H,4-6,9H2,1-2H3. The Kier molecular flexibility index (Phi) is 4.76. The van der Waals surface area contributed by atoms with E-state index in [1.807, 2.05) is 6.92 Å². The van der Waals surface area contributed by atoms with Crippen LogP contribution in [0, 0.1) is 0 Å². The molecule has 2 rings (SSSR count). The van der Waals surface area contributed by atoms with Crippen LogP contribution in [-0.4, -0.2) is 40.4 Å². The van der Waals surface area contributed by atoms with Crippen LogP contribution in [0.5, 0.6) is 0 Å². The second-order valence-electron chi connectivity index (χ2n) is 4.87. The number of methoxy groups -OCH3 is 1. The SMILES string of the molecule is COC(=O)C(C)(CCSc1ncccn1)NC1CC1. The molecule has 0 saturated heterocycles. The van der Waals surface area contributed by atoms with Crippen molar-refractivity contribution in [2.24, 2.45) is 0 Å².